The molecular formula is C15H15N3O2. The number of hydrogen-bond donors (Lipinski definition) is 2. The summed E-state index contributed by atoms with van der Waals surface area (Å²) in [5.41, 5.74) is 2.57. The Balaban J connectivity index is 2.12. The Kier molecular flexibility index (Phi) is 4.10. The van der Waals surface area contributed by atoms with Gasteiger partial charge >= 0.3 is 0 Å². The molecule has 2 rings (SSSR count). The zero-order valence-electron chi connectivity index (χ0n) is 11.3. The molecule has 0 bridgehead atoms. The van der Waals surface area contributed by atoms with Crippen LogP contribution in [0.4, 0.5) is 11.4 Å². The average Bonchev–Trinajstić information content (AvgIpc) is 2.41. The van der Waals surface area contributed by atoms with Gasteiger partial charge in [-0.2, -0.15) is 0 Å². The highest BCUT2D eigenvalue weighted by Crippen LogP contribution is 2.13. The molecule has 0 unspecified atom stereocenters. The first-order valence-electron chi connectivity index (χ1n) is 6.16. The fraction of sp³-hybridized carbons (Fsp3) is 0.133. The Bertz CT molecular complexity index is 636. The van der Waals surface area contributed by atoms with Crippen molar-refractivity contribution in [3.63, 3.8) is 0 Å². The third-order valence-electron chi connectivity index (χ3n) is 2.61. The summed E-state index contributed by atoms with van der Waals surface area (Å²) >= 11 is 0. The first-order valence-corrected chi connectivity index (χ1v) is 6.16. The molecule has 1 aromatic heterocycles. The van der Waals surface area contributed by atoms with Gasteiger partial charge in [-0.1, -0.05) is 6.07 Å². The van der Waals surface area contributed by atoms with E-state index < -0.39 is 0 Å². The number of amides is 2. The molecule has 0 fully saturated rings. The van der Waals surface area contributed by atoms with Crippen molar-refractivity contribution in [2.24, 2.45) is 0 Å². The lowest BCUT2D eigenvalue weighted by atomic mass is 10.2. The van der Waals surface area contributed by atoms with Crippen LogP contribution in [-0.2, 0) is 4.79 Å². The molecule has 0 saturated heterocycles. The zero-order chi connectivity index (χ0) is 14.5. The van der Waals surface area contributed by atoms with E-state index in [9.17, 15) is 9.59 Å². The van der Waals surface area contributed by atoms with Crippen LogP contribution in [0.3, 0.4) is 0 Å². The van der Waals surface area contributed by atoms with Gasteiger partial charge in [-0.25, -0.2) is 0 Å². The van der Waals surface area contributed by atoms with Crippen LogP contribution in [0.2, 0.25) is 0 Å². The maximum Gasteiger partial charge on any atom is 0.255 e. The molecule has 5 nitrogen and oxygen atoms in total. The summed E-state index contributed by atoms with van der Waals surface area (Å²) in [5.74, 6) is -0.423. The van der Waals surface area contributed by atoms with Crippen LogP contribution >= 0.6 is 0 Å². The number of pyridine rings is 1. The number of nitrogens with one attached hydrogen (secondary N) is 2. The Labute approximate surface area is 117 Å². The Morgan fingerprint density at radius 2 is 1.85 bits per heavy atom. The molecule has 102 valence electrons. The Morgan fingerprint density at radius 1 is 1.05 bits per heavy atom. The highest BCUT2D eigenvalue weighted by Gasteiger charge is 2.07. The summed E-state index contributed by atoms with van der Waals surface area (Å²) in [4.78, 5) is 27.2. The second-order valence-corrected chi connectivity index (χ2v) is 4.40. The van der Waals surface area contributed by atoms with E-state index in [4.69, 9.17) is 0 Å². The molecule has 20 heavy (non-hydrogen) atoms. The standard InChI is InChI=1S/C15H15N3O2/c1-10-6-7-14(9-16-10)18-15(20)12-4-3-5-13(8-12)17-11(2)19/h3-9H,1-2H3,(H,17,19)(H,18,20). The SMILES string of the molecule is CC(=O)Nc1cccc(C(=O)Nc2ccc(C)nc2)c1. The molecule has 0 aliphatic heterocycles. The molecule has 2 amide bonds. The van der Waals surface area contributed by atoms with Crippen LogP contribution in [0.1, 0.15) is 23.0 Å². The van der Waals surface area contributed by atoms with Gasteiger partial charge in [0.05, 0.1) is 11.9 Å². The maximum atomic E-state index is 12.1. The molecule has 1 heterocycles. The lowest BCUT2D eigenvalue weighted by molar-refractivity contribution is -0.114. The fourth-order valence-corrected chi connectivity index (χ4v) is 1.69. The molecule has 0 atom stereocenters. The second kappa shape index (κ2) is 5.97. The van der Waals surface area contributed by atoms with Crippen LogP contribution in [0.15, 0.2) is 42.6 Å². The Morgan fingerprint density at radius 3 is 2.50 bits per heavy atom. The zero-order valence-corrected chi connectivity index (χ0v) is 11.3. The van der Waals surface area contributed by atoms with Gasteiger partial charge in [-0.15, -0.1) is 0 Å². The molecule has 2 N–H and O–H groups in total. The van der Waals surface area contributed by atoms with Crippen molar-refractivity contribution in [2.45, 2.75) is 13.8 Å². The summed E-state index contributed by atoms with van der Waals surface area (Å²) in [5, 5.41) is 5.39. The number of benzene rings is 1. The van der Waals surface area contributed by atoms with E-state index in [1.165, 1.54) is 6.92 Å². The number of rotatable bonds is 3. The molecule has 1 aromatic carbocycles. The van der Waals surface area contributed by atoms with Crippen molar-refractivity contribution < 1.29 is 9.59 Å². The second-order valence-electron chi connectivity index (χ2n) is 4.40. The minimum Gasteiger partial charge on any atom is -0.326 e. The van der Waals surface area contributed by atoms with Gasteiger partial charge in [0.15, 0.2) is 0 Å². The van der Waals surface area contributed by atoms with Gasteiger partial charge in [0.1, 0.15) is 0 Å². The largest absolute Gasteiger partial charge is 0.326 e. The van der Waals surface area contributed by atoms with Gasteiger partial charge < -0.3 is 10.6 Å². The predicted octanol–water partition coefficient (Wildman–Crippen LogP) is 2.60. The summed E-state index contributed by atoms with van der Waals surface area (Å²) in [7, 11) is 0. The normalized spacial score (nSPS) is 9.90. The summed E-state index contributed by atoms with van der Waals surface area (Å²) in [6.45, 7) is 3.30. The number of anilines is 2. The van der Waals surface area contributed by atoms with E-state index in [1.54, 1.807) is 36.5 Å². The number of nitrogens with zero attached hydrogens (tertiary/aromatic N) is 1. The molecule has 2 aromatic rings. The van der Waals surface area contributed by atoms with Crippen LogP contribution in [0.5, 0.6) is 0 Å². The number of carbonyl (C=O) groups excluding carboxylic acids is 2. The Hall–Kier alpha value is -2.69. The number of carbonyl (C=O) groups is 2. The summed E-state index contributed by atoms with van der Waals surface area (Å²) in [6.07, 6.45) is 1.60. The average molecular weight is 269 g/mol. The molecule has 0 aliphatic rings. The summed E-state index contributed by atoms with van der Waals surface area (Å²) in [6, 6.07) is 10.4. The molecule has 5 heteroatoms. The minimum atomic E-state index is -0.247. The monoisotopic (exact) mass is 269 g/mol. The molecule has 0 radical (unpaired) electrons. The van der Waals surface area contributed by atoms with Gasteiger partial charge in [0, 0.05) is 23.9 Å². The first-order chi connectivity index (χ1) is 9.54. The van der Waals surface area contributed by atoms with Gasteiger partial charge in [0.25, 0.3) is 5.91 Å². The van der Waals surface area contributed by atoms with Crippen molar-refractivity contribution in [3.05, 3.63) is 53.9 Å². The van der Waals surface area contributed by atoms with E-state index in [1.807, 2.05) is 13.0 Å². The third kappa shape index (κ3) is 3.65. The van der Waals surface area contributed by atoms with Crippen molar-refractivity contribution in [3.8, 4) is 0 Å². The van der Waals surface area contributed by atoms with Crippen molar-refractivity contribution in [2.75, 3.05) is 10.6 Å². The molecule has 0 spiro atoms. The quantitative estimate of drug-likeness (QED) is 0.899. The van der Waals surface area contributed by atoms with Crippen molar-refractivity contribution in [1.82, 2.24) is 4.98 Å². The van der Waals surface area contributed by atoms with E-state index in [-0.39, 0.29) is 11.8 Å². The number of hydrogen-bond acceptors (Lipinski definition) is 3. The van der Waals surface area contributed by atoms with Crippen molar-refractivity contribution >= 4 is 23.2 Å². The van der Waals surface area contributed by atoms with E-state index >= 15 is 0 Å². The number of aromatic nitrogens is 1. The van der Waals surface area contributed by atoms with E-state index in [0.29, 0.717) is 16.9 Å². The fourth-order valence-electron chi connectivity index (χ4n) is 1.69. The molecule has 0 aliphatic carbocycles. The lowest BCUT2D eigenvalue weighted by Gasteiger charge is -2.07. The van der Waals surface area contributed by atoms with Crippen LogP contribution < -0.4 is 10.6 Å². The highest BCUT2D eigenvalue weighted by atomic mass is 16.2. The topological polar surface area (TPSA) is 71.1 Å². The summed E-state index contributed by atoms with van der Waals surface area (Å²) < 4.78 is 0. The van der Waals surface area contributed by atoms with Crippen LogP contribution in [0, 0.1) is 6.92 Å². The van der Waals surface area contributed by atoms with E-state index in [0.717, 1.165) is 5.69 Å². The predicted molar refractivity (Wildman–Crippen MR) is 77.7 cm³/mol. The smallest absolute Gasteiger partial charge is 0.255 e. The minimum absolute atomic E-state index is 0.176. The maximum absolute atomic E-state index is 12.1. The van der Waals surface area contributed by atoms with Gasteiger partial charge in [-0.3, -0.25) is 14.6 Å². The van der Waals surface area contributed by atoms with Crippen LogP contribution in [-0.4, -0.2) is 16.8 Å². The first kappa shape index (κ1) is 13.7. The highest BCUT2D eigenvalue weighted by molar-refractivity contribution is 6.05. The molecule has 0 saturated carbocycles. The van der Waals surface area contributed by atoms with E-state index in [2.05, 4.69) is 15.6 Å². The van der Waals surface area contributed by atoms with Gasteiger partial charge in [0.2, 0.25) is 5.91 Å². The lowest BCUT2D eigenvalue weighted by Crippen LogP contribution is -2.13. The third-order valence-corrected chi connectivity index (χ3v) is 2.61. The number of aryl methyl sites for hydroxylation is 1. The van der Waals surface area contributed by atoms with Crippen LogP contribution in [0.25, 0.3) is 0 Å². The van der Waals surface area contributed by atoms with Crippen molar-refractivity contribution in [1.29, 1.82) is 0 Å². The molecular weight excluding hydrogens is 254 g/mol. The van der Waals surface area contributed by atoms with Gasteiger partial charge in [-0.05, 0) is 37.3 Å².